The Kier molecular flexibility index (Phi) is 2.45. The Hall–Kier alpha value is -1.74. The van der Waals surface area contributed by atoms with Gasteiger partial charge in [0.2, 0.25) is 0 Å². The first-order chi connectivity index (χ1) is 8.64. The van der Waals surface area contributed by atoms with E-state index in [0.29, 0.717) is 24.2 Å². The van der Waals surface area contributed by atoms with Crippen LogP contribution in [0.25, 0.3) is 5.57 Å². The van der Waals surface area contributed by atoms with Crippen molar-refractivity contribution in [2.75, 3.05) is 6.61 Å². The molecule has 0 aromatic heterocycles. The van der Waals surface area contributed by atoms with Gasteiger partial charge in [-0.25, -0.2) is 0 Å². The average Bonchev–Trinajstić information content (AvgIpc) is 2.83. The van der Waals surface area contributed by atoms with Gasteiger partial charge < -0.3 is 4.74 Å². The molecule has 0 radical (unpaired) electrons. The highest BCUT2D eigenvalue weighted by atomic mass is 16.5. The Morgan fingerprint density at radius 1 is 1.28 bits per heavy atom. The van der Waals surface area contributed by atoms with Crippen LogP contribution in [-0.4, -0.2) is 23.8 Å². The van der Waals surface area contributed by atoms with E-state index in [0.717, 1.165) is 12.0 Å². The molecule has 0 bridgehead atoms. The minimum absolute atomic E-state index is 0.0133. The molecule has 2 aliphatic rings. The summed E-state index contributed by atoms with van der Waals surface area (Å²) in [5.74, 6) is -0.0366. The third kappa shape index (κ3) is 1.47. The second kappa shape index (κ2) is 3.89. The molecule has 3 heteroatoms. The van der Waals surface area contributed by atoms with E-state index in [9.17, 15) is 9.59 Å². The summed E-state index contributed by atoms with van der Waals surface area (Å²) in [4.78, 5) is 24.3. The lowest BCUT2D eigenvalue weighted by molar-refractivity contribution is -0.111. The molecule has 1 aromatic rings. The predicted octanol–water partition coefficient (Wildman–Crippen LogP) is 2.40. The first kappa shape index (κ1) is 11.4. The number of ketones is 2. The van der Waals surface area contributed by atoms with E-state index in [2.05, 4.69) is 0 Å². The Morgan fingerprint density at radius 2 is 2.00 bits per heavy atom. The van der Waals surface area contributed by atoms with E-state index >= 15 is 0 Å². The van der Waals surface area contributed by atoms with Crippen molar-refractivity contribution in [2.24, 2.45) is 0 Å². The van der Waals surface area contributed by atoms with E-state index in [1.165, 1.54) is 6.92 Å². The molecule has 0 saturated carbocycles. The molecule has 1 atom stereocenters. The van der Waals surface area contributed by atoms with Crippen LogP contribution in [0, 0.1) is 0 Å². The molecule has 0 N–H and O–H groups in total. The molecular formula is C15H14O3. The maximum Gasteiger partial charge on any atom is 0.199 e. The summed E-state index contributed by atoms with van der Waals surface area (Å²) in [6.07, 6.45) is 3.25. The average molecular weight is 242 g/mol. The van der Waals surface area contributed by atoms with Crippen LogP contribution < -0.4 is 0 Å². The molecule has 1 spiro atoms. The third-order valence-corrected chi connectivity index (χ3v) is 3.66. The standard InChI is InChI=1S/C15H14O3/c1-10(16)13-9-15(7-4-8-18-15)14(17)12-6-3-2-5-11(12)13/h2-3,5-6,9H,4,7-8H2,1H3/t15-/m1/s1. The van der Waals surface area contributed by atoms with E-state index in [-0.39, 0.29) is 11.6 Å². The molecule has 18 heavy (non-hydrogen) atoms. The lowest BCUT2D eigenvalue weighted by atomic mass is 9.78. The number of carbonyl (C=O) groups is 2. The number of ether oxygens (including phenoxy) is 1. The largest absolute Gasteiger partial charge is 0.363 e. The van der Waals surface area contributed by atoms with Gasteiger partial charge >= 0.3 is 0 Å². The van der Waals surface area contributed by atoms with Gasteiger partial charge in [-0.05, 0) is 31.4 Å². The highest BCUT2D eigenvalue weighted by Gasteiger charge is 2.45. The van der Waals surface area contributed by atoms with Gasteiger partial charge in [0, 0.05) is 17.7 Å². The van der Waals surface area contributed by atoms with Gasteiger partial charge in [0.15, 0.2) is 11.6 Å². The van der Waals surface area contributed by atoms with Gasteiger partial charge in [-0.2, -0.15) is 0 Å². The van der Waals surface area contributed by atoms with Gasteiger partial charge in [-0.3, -0.25) is 9.59 Å². The van der Waals surface area contributed by atoms with E-state index in [4.69, 9.17) is 4.74 Å². The fourth-order valence-corrected chi connectivity index (χ4v) is 2.77. The van der Waals surface area contributed by atoms with Gasteiger partial charge in [0.05, 0.1) is 0 Å². The maximum atomic E-state index is 12.5. The summed E-state index contributed by atoms with van der Waals surface area (Å²) >= 11 is 0. The molecule has 1 aliphatic carbocycles. The zero-order chi connectivity index (χ0) is 12.8. The lowest BCUT2D eigenvalue weighted by Gasteiger charge is -2.29. The topological polar surface area (TPSA) is 43.4 Å². The summed E-state index contributed by atoms with van der Waals surface area (Å²) in [6, 6.07) is 7.26. The van der Waals surface area contributed by atoms with Crippen LogP contribution in [0.4, 0.5) is 0 Å². The van der Waals surface area contributed by atoms with E-state index in [1.54, 1.807) is 12.1 Å². The first-order valence-corrected chi connectivity index (χ1v) is 6.16. The molecule has 1 saturated heterocycles. The van der Waals surface area contributed by atoms with Crippen LogP contribution in [0.2, 0.25) is 0 Å². The lowest BCUT2D eigenvalue weighted by Crippen LogP contribution is -2.39. The number of allylic oxidation sites excluding steroid dienone is 1. The molecule has 1 fully saturated rings. The minimum Gasteiger partial charge on any atom is -0.363 e. The highest BCUT2D eigenvalue weighted by Crippen LogP contribution is 2.39. The summed E-state index contributed by atoms with van der Waals surface area (Å²) in [6.45, 7) is 2.11. The summed E-state index contributed by atoms with van der Waals surface area (Å²) in [5, 5.41) is 0. The quantitative estimate of drug-likeness (QED) is 0.759. The van der Waals surface area contributed by atoms with Crippen LogP contribution in [-0.2, 0) is 9.53 Å². The number of hydrogen-bond donors (Lipinski definition) is 0. The van der Waals surface area contributed by atoms with Gasteiger partial charge in [0.1, 0.15) is 5.60 Å². The van der Waals surface area contributed by atoms with Crippen LogP contribution >= 0.6 is 0 Å². The van der Waals surface area contributed by atoms with E-state index < -0.39 is 5.60 Å². The molecule has 3 rings (SSSR count). The highest BCUT2D eigenvalue weighted by molar-refractivity contribution is 6.26. The normalized spacial score (nSPS) is 26.1. The molecule has 0 amide bonds. The number of hydrogen-bond acceptors (Lipinski definition) is 3. The molecule has 1 heterocycles. The van der Waals surface area contributed by atoms with Crippen molar-refractivity contribution in [2.45, 2.75) is 25.4 Å². The van der Waals surface area contributed by atoms with Crippen LogP contribution in [0.3, 0.4) is 0 Å². The fourth-order valence-electron chi connectivity index (χ4n) is 2.77. The Bertz CT molecular complexity index is 563. The number of carbonyl (C=O) groups excluding carboxylic acids is 2. The van der Waals surface area contributed by atoms with Crippen molar-refractivity contribution < 1.29 is 14.3 Å². The van der Waals surface area contributed by atoms with Gasteiger partial charge in [-0.1, -0.05) is 24.3 Å². The molecule has 1 aliphatic heterocycles. The molecule has 1 aromatic carbocycles. The van der Waals surface area contributed by atoms with E-state index in [1.807, 2.05) is 18.2 Å². The maximum absolute atomic E-state index is 12.5. The second-order valence-electron chi connectivity index (χ2n) is 4.83. The van der Waals surface area contributed by atoms with Gasteiger partial charge in [0.25, 0.3) is 0 Å². The zero-order valence-corrected chi connectivity index (χ0v) is 10.2. The van der Waals surface area contributed by atoms with Crippen molar-refractivity contribution in [1.82, 2.24) is 0 Å². The molecule has 3 nitrogen and oxygen atoms in total. The minimum atomic E-state index is -0.893. The second-order valence-corrected chi connectivity index (χ2v) is 4.83. The number of rotatable bonds is 1. The first-order valence-electron chi connectivity index (χ1n) is 6.16. The Balaban J connectivity index is 2.23. The van der Waals surface area contributed by atoms with Crippen molar-refractivity contribution in [1.29, 1.82) is 0 Å². The fraction of sp³-hybridized carbons (Fsp3) is 0.333. The smallest absolute Gasteiger partial charge is 0.199 e. The Morgan fingerprint density at radius 3 is 2.61 bits per heavy atom. The van der Waals surface area contributed by atoms with Crippen LogP contribution in [0.5, 0.6) is 0 Å². The monoisotopic (exact) mass is 242 g/mol. The summed E-state index contributed by atoms with van der Waals surface area (Å²) in [5.41, 5.74) is 1.05. The van der Waals surface area contributed by atoms with Crippen LogP contribution in [0.1, 0.15) is 35.7 Å². The number of Topliss-reactive ketones (excluding diaryl/α,β-unsaturated/α-hetero) is 2. The Labute approximate surface area is 105 Å². The third-order valence-electron chi connectivity index (χ3n) is 3.66. The number of fused-ring (bicyclic) bond motifs is 1. The molecule has 0 unspecified atom stereocenters. The summed E-state index contributed by atoms with van der Waals surface area (Å²) in [7, 11) is 0. The van der Waals surface area contributed by atoms with Gasteiger partial charge in [-0.15, -0.1) is 0 Å². The van der Waals surface area contributed by atoms with Crippen molar-refractivity contribution in [3.8, 4) is 0 Å². The molecule has 92 valence electrons. The zero-order valence-electron chi connectivity index (χ0n) is 10.2. The van der Waals surface area contributed by atoms with Crippen molar-refractivity contribution in [3.63, 3.8) is 0 Å². The van der Waals surface area contributed by atoms with Crippen LogP contribution in [0.15, 0.2) is 30.3 Å². The van der Waals surface area contributed by atoms with Crippen molar-refractivity contribution >= 4 is 17.1 Å². The predicted molar refractivity (Wildman–Crippen MR) is 67.3 cm³/mol. The molecular weight excluding hydrogens is 228 g/mol. The SMILES string of the molecule is CC(=O)C1=C[C@]2(CCCO2)C(=O)c2ccccc21. The summed E-state index contributed by atoms with van der Waals surface area (Å²) < 4.78 is 5.65. The van der Waals surface area contributed by atoms with Crippen molar-refractivity contribution in [3.05, 3.63) is 41.5 Å². The number of benzene rings is 1.